The second-order valence-corrected chi connectivity index (χ2v) is 5.17. The molecule has 0 radical (unpaired) electrons. The maximum atomic E-state index is 11.0. The zero-order valence-corrected chi connectivity index (χ0v) is 12.2. The minimum absolute atomic E-state index is 0.468. The second-order valence-electron chi connectivity index (χ2n) is 5.17. The number of carboxylic acids is 1. The van der Waals surface area contributed by atoms with Gasteiger partial charge >= 0.3 is 5.97 Å². The quantitative estimate of drug-likeness (QED) is 0.892. The third-order valence-corrected chi connectivity index (χ3v) is 3.95. The third-order valence-electron chi connectivity index (χ3n) is 3.95. The van der Waals surface area contributed by atoms with Crippen molar-refractivity contribution >= 4 is 5.97 Å². The third kappa shape index (κ3) is 2.91. The molecular formula is C15H23NO2. The van der Waals surface area contributed by atoms with Crippen molar-refractivity contribution in [3.8, 4) is 0 Å². The van der Waals surface area contributed by atoms with Crippen molar-refractivity contribution in [2.24, 2.45) is 0 Å². The number of nitrogens with zero attached hydrogens (tertiary/aromatic N) is 1. The molecular weight excluding hydrogens is 226 g/mol. The molecule has 1 aromatic carbocycles. The van der Waals surface area contributed by atoms with Gasteiger partial charge in [0.25, 0.3) is 0 Å². The number of carbonyl (C=O) groups is 1. The highest BCUT2D eigenvalue weighted by molar-refractivity contribution is 5.72. The Labute approximate surface area is 109 Å². The van der Waals surface area contributed by atoms with Crippen LogP contribution in [0.2, 0.25) is 0 Å². The summed E-state index contributed by atoms with van der Waals surface area (Å²) in [5.74, 6) is -0.780. The fraction of sp³-hybridized carbons (Fsp3) is 0.533. The summed E-state index contributed by atoms with van der Waals surface area (Å²) < 4.78 is 0. The molecule has 0 aromatic heterocycles. The number of benzene rings is 1. The van der Waals surface area contributed by atoms with E-state index in [4.69, 9.17) is 5.11 Å². The first kappa shape index (κ1) is 14.7. The van der Waals surface area contributed by atoms with Crippen molar-refractivity contribution in [3.63, 3.8) is 0 Å². The van der Waals surface area contributed by atoms with Gasteiger partial charge in [0.05, 0.1) is 0 Å². The van der Waals surface area contributed by atoms with Crippen molar-refractivity contribution < 1.29 is 9.90 Å². The predicted octanol–water partition coefficient (Wildman–Crippen LogP) is 2.83. The van der Waals surface area contributed by atoms with Crippen molar-refractivity contribution in [2.75, 3.05) is 7.05 Å². The van der Waals surface area contributed by atoms with Crippen LogP contribution in [-0.4, -0.2) is 29.1 Å². The van der Waals surface area contributed by atoms with Crippen LogP contribution in [-0.2, 0) is 11.3 Å². The Bertz CT molecular complexity index is 440. The van der Waals surface area contributed by atoms with Gasteiger partial charge in [0.1, 0.15) is 6.04 Å². The zero-order chi connectivity index (χ0) is 14.0. The summed E-state index contributed by atoms with van der Waals surface area (Å²) >= 11 is 0. The van der Waals surface area contributed by atoms with Gasteiger partial charge in [-0.2, -0.15) is 0 Å². The van der Waals surface area contributed by atoms with Crippen LogP contribution < -0.4 is 0 Å². The fourth-order valence-electron chi connectivity index (χ4n) is 2.11. The van der Waals surface area contributed by atoms with E-state index in [9.17, 15) is 4.79 Å². The standard InChI is InChI=1S/C15H23NO2/c1-9-7-10(2)12(4)14(11(9)3)8-16(6)13(5)15(17)18/h7,13H,8H2,1-6H3,(H,17,18). The lowest BCUT2D eigenvalue weighted by Gasteiger charge is -2.24. The largest absolute Gasteiger partial charge is 0.480 e. The molecule has 1 N–H and O–H groups in total. The van der Waals surface area contributed by atoms with Crippen molar-refractivity contribution in [2.45, 2.75) is 47.2 Å². The molecule has 0 saturated carbocycles. The van der Waals surface area contributed by atoms with Gasteiger partial charge in [0.15, 0.2) is 0 Å². The predicted molar refractivity (Wildman–Crippen MR) is 74.0 cm³/mol. The topological polar surface area (TPSA) is 40.5 Å². The van der Waals surface area contributed by atoms with E-state index in [1.165, 1.54) is 27.8 Å². The minimum Gasteiger partial charge on any atom is -0.480 e. The van der Waals surface area contributed by atoms with Crippen LogP contribution >= 0.6 is 0 Å². The van der Waals surface area contributed by atoms with E-state index in [0.29, 0.717) is 6.54 Å². The summed E-state index contributed by atoms with van der Waals surface area (Å²) in [5, 5.41) is 9.04. The van der Waals surface area contributed by atoms with Crippen LogP contribution in [0.15, 0.2) is 6.07 Å². The molecule has 0 amide bonds. The van der Waals surface area contributed by atoms with Gasteiger partial charge in [-0.15, -0.1) is 0 Å². The first-order valence-electron chi connectivity index (χ1n) is 6.25. The molecule has 18 heavy (non-hydrogen) atoms. The first-order valence-corrected chi connectivity index (χ1v) is 6.25. The molecule has 1 aromatic rings. The van der Waals surface area contributed by atoms with E-state index in [0.717, 1.165) is 0 Å². The number of rotatable bonds is 4. The molecule has 1 unspecified atom stereocenters. The molecule has 0 heterocycles. The second kappa shape index (κ2) is 5.53. The number of hydrogen-bond donors (Lipinski definition) is 1. The van der Waals surface area contributed by atoms with Crippen LogP contribution in [0.25, 0.3) is 0 Å². The molecule has 0 bridgehead atoms. The molecule has 3 heteroatoms. The minimum atomic E-state index is -0.780. The smallest absolute Gasteiger partial charge is 0.320 e. The van der Waals surface area contributed by atoms with E-state index in [2.05, 4.69) is 33.8 Å². The van der Waals surface area contributed by atoms with E-state index in [1.54, 1.807) is 6.92 Å². The van der Waals surface area contributed by atoms with Gasteiger partial charge in [-0.05, 0) is 69.5 Å². The van der Waals surface area contributed by atoms with E-state index >= 15 is 0 Å². The first-order chi connectivity index (χ1) is 8.25. The summed E-state index contributed by atoms with van der Waals surface area (Å²) in [6, 6.07) is 1.72. The van der Waals surface area contributed by atoms with Crippen molar-refractivity contribution in [3.05, 3.63) is 33.9 Å². The number of aliphatic carboxylic acids is 1. The molecule has 0 saturated heterocycles. The SMILES string of the molecule is Cc1cc(C)c(C)c(CN(C)C(C)C(=O)O)c1C. The average Bonchev–Trinajstić information content (AvgIpc) is 2.30. The van der Waals surface area contributed by atoms with Crippen LogP contribution in [0.3, 0.4) is 0 Å². The number of hydrogen-bond acceptors (Lipinski definition) is 2. The molecule has 1 rings (SSSR count). The number of likely N-dealkylation sites (N-methyl/N-ethyl adjacent to an activating group) is 1. The maximum absolute atomic E-state index is 11.0. The van der Waals surface area contributed by atoms with Crippen LogP contribution in [0, 0.1) is 27.7 Å². The molecule has 3 nitrogen and oxygen atoms in total. The monoisotopic (exact) mass is 249 g/mol. The Morgan fingerprint density at radius 1 is 1.22 bits per heavy atom. The van der Waals surface area contributed by atoms with E-state index in [1.807, 2.05) is 11.9 Å². The highest BCUT2D eigenvalue weighted by Gasteiger charge is 2.19. The Hall–Kier alpha value is -1.35. The van der Waals surface area contributed by atoms with Crippen molar-refractivity contribution in [1.82, 2.24) is 4.90 Å². The summed E-state index contributed by atoms with van der Waals surface area (Å²) in [4.78, 5) is 12.9. The summed E-state index contributed by atoms with van der Waals surface area (Å²) in [5.41, 5.74) is 6.32. The summed E-state index contributed by atoms with van der Waals surface area (Å²) in [6.07, 6.45) is 0. The van der Waals surface area contributed by atoms with E-state index in [-0.39, 0.29) is 0 Å². The normalized spacial score (nSPS) is 12.8. The van der Waals surface area contributed by atoms with Crippen LogP contribution in [0.4, 0.5) is 0 Å². The molecule has 0 aliphatic rings. The molecule has 100 valence electrons. The Balaban J connectivity index is 3.08. The van der Waals surface area contributed by atoms with Crippen LogP contribution in [0.5, 0.6) is 0 Å². The summed E-state index contributed by atoms with van der Waals surface area (Å²) in [7, 11) is 1.86. The maximum Gasteiger partial charge on any atom is 0.320 e. The highest BCUT2D eigenvalue weighted by atomic mass is 16.4. The molecule has 0 fully saturated rings. The lowest BCUT2D eigenvalue weighted by molar-refractivity contribution is -0.142. The molecule has 1 atom stereocenters. The Morgan fingerprint density at radius 3 is 2.06 bits per heavy atom. The van der Waals surface area contributed by atoms with E-state index < -0.39 is 12.0 Å². The van der Waals surface area contributed by atoms with Gasteiger partial charge < -0.3 is 5.11 Å². The number of aryl methyl sites for hydroxylation is 2. The lowest BCUT2D eigenvalue weighted by Crippen LogP contribution is -2.35. The fourth-order valence-corrected chi connectivity index (χ4v) is 2.11. The van der Waals surface area contributed by atoms with Gasteiger partial charge in [0, 0.05) is 6.54 Å². The zero-order valence-electron chi connectivity index (χ0n) is 12.2. The van der Waals surface area contributed by atoms with Gasteiger partial charge in [-0.25, -0.2) is 0 Å². The molecule has 0 aliphatic carbocycles. The average molecular weight is 249 g/mol. The van der Waals surface area contributed by atoms with Crippen LogP contribution in [0.1, 0.15) is 34.7 Å². The van der Waals surface area contributed by atoms with Crippen molar-refractivity contribution in [1.29, 1.82) is 0 Å². The molecule has 0 spiro atoms. The van der Waals surface area contributed by atoms with Gasteiger partial charge in [-0.1, -0.05) is 6.07 Å². The summed E-state index contributed by atoms with van der Waals surface area (Å²) in [6.45, 7) is 10.8. The van der Waals surface area contributed by atoms with Gasteiger partial charge in [0.2, 0.25) is 0 Å². The number of carboxylic acid groups (broad SMARTS) is 1. The lowest BCUT2D eigenvalue weighted by atomic mass is 9.94. The molecule has 0 aliphatic heterocycles. The van der Waals surface area contributed by atoms with Gasteiger partial charge in [-0.3, -0.25) is 9.69 Å². The highest BCUT2D eigenvalue weighted by Crippen LogP contribution is 2.23. The Kier molecular flexibility index (Phi) is 4.52. The Morgan fingerprint density at radius 2 is 1.67 bits per heavy atom.